The van der Waals surface area contributed by atoms with Gasteiger partial charge in [-0.2, -0.15) is 0 Å². The predicted molar refractivity (Wildman–Crippen MR) is 73.8 cm³/mol. The summed E-state index contributed by atoms with van der Waals surface area (Å²) in [4.78, 5) is 0. The summed E-state index contributed by atoms with van der Waals surface area (Å²) in [7, 11) is 0. The van der Waals surface area contributed by atoms with Gasteiger partial charge in [0.2, 0.25) is 0 Å². The zero-order valence-electron chi connectivity index (χ0n) is 12.0. The Balaban J connectivity index is 1.49. The standard InChI is InChI=1S/C15H29NO2/c1-12-8-13(2)10-15(9-12)18-7-5-16-11-14-4-3-6-17-14/h12-16H,3-11H2,1-2H3. The molecule has 0 aromatic rings. The molecule has 1 N–H and O–H groups in total. The van der Waals surface area contributed by atoms with E-state index in [9.17, 15) is 0 Å². The van der Waals surface area contributed by atoms with Crippen molar-refractivity contribution >= 4 is 0 Å². The second kappa shape index (κ2) is 7.46. The van der Waals surface area contributed by atoms with Crippen molar-refractivity contribution in [1.82, 2.24) is 5.32 Å². The molecule has 3 nitrogen and oxygen atoms in total. The first kappa shape index (κ1) is 14.3. The van der Waals surface area contributed by atoms with E-state index in [4.69, 9.17) is 9.47 Å². The number of hydrogen-bond donors (Lipinski definition) is 1. The van der Waals surface area contributed by atoms with Crippen LogP contribution in [0.15, 0.2) is 0 Å². The second-order valence-electron chi connectivity index (χ2n) is 6.25. The van der Waals surface area contributed by atoms with Crippen LogP contribution in [0, 0.1) is 11.8 Å². The Morgan fingerprint density at radius 3 is 2.61 bits per heavy atom. The Morgan fingerprint density at radius 1 is 1.17 bits per heavy atom. The van der Waals surface area contributed by atoms with E-state index < -0.39 is 0 Å². The van der Waals surface area contributed by atoms with E-state index in [0.717, 1.165) is 38.1 Å². The van der Waals surface area contributed by atoms with Gasteiger partial charge < -0.3 is 14.8 Å². The van der Waals surface area contributed by atoms with Crippen molar-refractivity contribution in [2.75, 3.05) is 26.3 Å². The van der Waals surface area contributed by atoms with Gasteiger partial charge in [0.25, 0.3) is 0 Å². The van der Waals surface area contributed by atoms with E-state index >= 15 is 0 Å². The van der Waals surface area contributed by atoms with Gasteiger partial charge in [-0.15, -0.1) is 0 Å². The van der Waals surface area contributed by atoms with Crippen molar-refractivity contribution in [3.63, 3.8) is 0 Å². The monoisotopic (exact) mass is 255 g/mol. The van der Waals surface area contributed by atoms with E-state index in [1.54, 1.807) is 0 Å². The number of rotatable bonds is 6. The van der Waals surface area contributed by atoms with E-state index in [1.165, 1.54) is 32.1 Å². The van der Waals surface area contributed by atoms with Crippen molar-refractivity contribution in [2.24, 2.45) is 11.8 Å². The molecule has 1 aliphatic heterocycles. The van der Waals surface area contributed by atoms with E-state index in [-0.39, 0.29) is 0 Å². The fraction of sp³-hybridized carbons (Fsp3) is 1.00. The van der Waals surface area contributed by atoms with Crippen molar-refractivity contribution < 1.29 is 9.47 Å². The Morgan fingerprint density at radius 2 is 1.94 bits per heavy atom. The summed E-state index contributed by atoms with van der Waals surface area (Å²) in [5, 5.41) is 3.44. The van der Waals surface area contributed by atoms with Crippen LogP contribution in [0.4, 0.5) is 0 Å². The third-order valence-corrected chi connectivity index (χ3v) is 4.16. The van der Waals surface area contributed by atoms with Crippen LogP contribution in [0.25, 0.3) is 0 Å². The highest BCUT2D eigenvalue weighted by Crippen LogP contribution is 2.30. The van der Waals surface area contributed by atoms with Crippen molar-refractivity contribution in [3.05, 3.63) is 0 Å². The fourth-order valence-electron chi connectivity index (χ4n) is 3.38. The van der Waals surface area contributed by atoms with Crippen LogP contribution in [0.2, 0.25) is 0 Å². The van der Waals surface area contributed by atoms with Crippen LogP contribution < -0.4 is 5.32 Å². The minimum atomic E-state index is 0.444. The molecule has 3 unspecified atom stereocenters. The highest BCUT2D eigenvalue weighted by Gasteiger charge is 2.24. The highest BCUT2D eigenvalue weighted by molar-refractivity contribution is 4.75. The van der Waals surface area contributed by atoms with Gasteiger partial charge in [-0.1, -0.05) is 13.8 Å². The van der Waals surface area contributed by atoms with Gasteiger partial charge >= 0.3 is 0 Å². The predicted octanol–water partition coefficient (Wildman–Crippen LogP) is 2.60. The van der Waals surface area contributed by atoms with Gasteiger partial charge in [0.05, 0.1) is 18.8 Å². The fourth-order valence-corrected chi connectivity index (χ4v) is 3.38. The molecule has 106 valence electrons. The molecule has 1 aliphatic carbocycles. The summed E-state index contributed by atoms with van der Waals surface area (Å²) < 4.78 is 11.6. The summed E-state index contributed by atoms with van der Waals surface area (Å²) in [6.07, 6.45) is 7.24. The highest BCUT2D eigenvalue weighted by atomic mass is 16.5. The lowest BCUT2D eigenvalue weighted by molar-refractivity contribution is 0.00176. The molecule has 3 heteroatoms. The second-order valence-corrected chi connectivity index (χ2v) is 6.25. The molecule has 0 amide bonds. The van der Waals surface area contributed by atoms with Crippen LogP contribution in [-0.2, 0) is 9.47 Å². The molecular weight excluding hydrogens is 226 g/mol. The van der Waals surface area contributed by atoms with Crippen molar-refractivity contribution in [1.29, 1.82) is 0 Å². The Labute approximate surface area is 112 Å². The molecular formula is C15H29NO2. The molecule has 0 bridgehead atoms. The van der Waals surface area contributed by atoms with Crippen LogP contribution in [0.1, 0.15) is 46.0 Å². The quantitative estimate of drug-likeness (QED) is 0.740. The third-order valence-electron chi connectivity index (χ3n) is 4.16. The van der Waals surface area contributed by atoms with Crippen molar-refractivity contribution in [2.45, 2.75) is 58.2 Å². The smallest absolute Gasteiger partial charge is 0.0700 e. The van der Waals surface area contributed by atoms with E-state index in [0.29, 0.717) is 12.2 Å². The summed E-state index contributed by atoms with van der Waals surface area (Å²) in [6, 6.07) is 0. The molecule has 0 spiro atoms. The molecule has 1 saturated heterocycles. The Hall–Kier alpha value is -0.120. The van der Waals surface area contributed by atoms with Crippen LogP contribution in [0.5, 0.6) is 0 Å². The first-order chi connectivity index (χ1) is 8.74. The molecule has 2 fully saturated rings. The average Bonchev–Trinajstić information content (AvgIpc) is 2.80. The summed E-state index contributed by atoms with van der Waals surface area (Å²) in [6.45, 7) is 8.43. The van der Waals surface area contributed by atoms with Crippen LogP contribution in [0.3, 0.4) is 0 Å². The number of hydrogen-bond acceptors (Lipinski definition) is 3. The Kier molecular flexibility index (Phi) is 5.93. The first-order valence-electron chi connectivity index (χ1n) is 7.68. The molecule has 1 saturated carbocycles. The molecule has 0 aromatic heterocycles. The lowest BCUT2D eigenvalue weighted by Crippen LogP contribution is -2.32. The summed E-state index contributed by atoms with van der Waals surface area (Å²) in [5.74, 6) is 1.66. The normalized spacial score (nSPS) is 37.0. The van der Waals surface area contributed by atoms with Gasteiger partial charge in [-0.3, -0.25) is 0 Å². The lowest BCUT2D eigenvalue weighted by atomic mass is 9.82. The number of nitrogens with one attached hydrogen (secondary N) is 1. The lowest BCUT2D eigenvalue weighted by Gasteiger charge is -2.31. The molecule has 2 rings (SSSR count). The maximum atomic E-state index is 5.99. The minimum Gasteiger partial charge on any atom is -0.377 e. The largest absolute Gasteiger partial charge is 0.377 e. The molecule has 1 heterocycles. The molecule has 2 aliphatic rings. The zero-order valence-corrected chi connectivity index (χ0v) is 12.0. The third kappa shape index (κ3) is 4.87. The maximum absolute atomic E-state index is 5.99. The SMILES string of the molecule is CC1CC(C)CC(OCCNCC2CCCO2)C1. The van der Waals surface area contributed by atoms with Gasteiger partial charge in [0.1, 0.15) is 0 Å². The molecule has 0 radical (unpaired) electrons. The van der Waals surface area contributed by atoms with E-state index in [1.807, 2.05) is 0 Å². The van der Waals surface area contributed by atoms with Crippen LogP contribution in [-0.4, -0.2) is 38.5 Å². The topological polar surface area (TPSA) is 30.5 Å². The first-order valence-corrected chi connectivity index (χ1v) is 7.68. The minimum absolute atomic E-state index is 0.444. The summed E-state index contributed by atoms with van der Waals surface area (Å²) in [5.41, 5.74) is 0. The van der Waals surface area contributed by atoms with Gasteiger partial charge in [0, 0.05) is 19.7 Å². The molecule has 3 atom stereocenters. The molecule has 18 heavy (non-hydrogen) atoms. The average molecular weight is 255 g/mol. The van der Waals surface area contributed by atoms with Gasteiger partial charge in [-0.25, -0.2) is 0 Å². The van der Waals surface area contributed by atoms with Crippen molar-refractivity contribution in [3.8, 4) is 0 Å². The van der Waals surface area contributed by atoms with Gasteiger partial charge in [-0.05, 0) is 43.9 Å². The van der Waals surface area contributed by atoms with Crippen LogP contribution >= 0.6 is 0 Å². The van der Waals surface area contributed by atoms with Gasteiger partial charge in [0.15, 0.2) is 0 Å². The van der Waals surface area contributed by atoms with E-state index in [2.05, 4.69) is 19.2 Å². The Bertz CT molecular complexity index is 219. The number of ether oxygens (including phenoxy) is 2. The molecule has 0 aromatic carbocycles. The summed E-state index contributed by atoms with van der Waals surface area (Å²) >= 11 is 0. The maximum Gasteiger partial charge on any atom is 0.0700 e. The zero-order chi connectivity index (χ0) is 12.8.